The smallest absolute Gasteiger partial charge is 0.131 e. The lowest BCUT2D eigenvalue weighted by atomic mass is 9.73. The number of unbranched alkanes of at least 4 members (excludes halogenated alkanes) is 6. The van der Waals surface area contributed by atoms with E-state index in [1.807, 2.05) is 18.2 Å². The zero-order valence-corrected chi connectivity index (χ0v) is 20.1. The first-order valence-corrected chi connectivity index (χ1v) is 12.9. The molecule has 0 aliphatic heterocycles. The van der Waals surface area contributed by atoms with Gasteiger partial charge in [0.2, 0.25) is 0 Å². The minimum Gasteiger partial charge on any atom is -0.206 e. The molecule has 2 heteroatoms. The standard InChI is InChI=1S/C30H40FN/c1-3-4-5-6-7-8-9-10-24-11-15-26(16-12-24)23(2)28-19-20-29(30(31)21-28)27-17-13-25(22-32)14-18-27/h13-14,17-21,23-24,26H,3-12,15-16H2,1-2H3. The zero-order valence-electron chi connectivity index (χ0n) is 20.1. The highest BCUT2D eigenvalue weighted by molar-refractivity contribution is 5.65. The van der Waals surface area contributed by atoms with E-state index in [9.17, 15) is 4.39 Å². The molecule has 2 aromatic rings. The molecule has 0 heterocycles. The fourth-order valence-electron chi connectivity index (χ4n) is 5.41. The molecule has 0 bridgehead atoms. The van der Waals surface area contributed by atoms with Gasteiger partial charge in [0.25, 0.3) is 0 Å². The third-order valence-corrected chi connectivity index (χ3v) is 7.66. The summed E-state index contributed by atoms with van der Waals surface area (Å²) in [6.45, 7) is 4.55. The van der Waals surface area contributed by atoms with Gasteiger partial charge in [-0.2, -0.15) is 5.26 Å². The van der Waals surface area contributed by atoms with E-state index in [1.54, 1.807) is 18.2 Å². The largest absolute Gasteiger partial charge is 0.206 e. The van der Waals surface area contributed by atoms with Gasteiger partial charge in [0.05, 0.1) is 11.6 Å². The molecular weight excluding hydrogens is 393 g/mol. The zero-order chi connectivity index (χ0) is 22.8. The third-order valence-electron chi connectivity index (χ3n) is 7.66. The Morgan fingerprint density at radius 1 is 0.906 bits per heavy atom. The van der Waals surface area contributed by atoms with Gasteiger partial charge in [0.1, 0.15) is 5.82 Å². The summed E-state index contributed by atoms with van der Waals surface area (Å²) in [6.07, 6.45) is 16.4. The van der Waals surface area contributed by atoms with E-state index in [-0.39, 0.29) is 5.82 Å². The monoisotopic (exact) mass is 433 g/mol. The second-order valence-corrected chi connectivity index (χ2v) is 9.91. The van der Waals surface area contributed by atoms with Crippen LogP contribution in [-0.2, 0) is 0 Å². The van der Waals surface area contributed by atoms with Gasteiger partial charge < -0.3 is 0 Å². The Balaban J connectivity index is 1.46. The third kappa shape index (κ3) is 6.93. The van der Waals surface area contributed by atoms with Gasteiger partial charge in [-0.25, -0.2) is 4.39 Å². The number of rotatable bonds is 11. The van der Waals surface area contributed by atoms with Crippen molar-refractivity contribution < 1.29 is 4.39 Å². The van der Waals surface area contributed by atoms with Gasteiger partial charge in [0, 0.05) is 5.56 Å². The van der Waals surface area contributed by atoms with Crippen molar-refractivity contribution in [3.05, 3.63) is 59.4 Å². The van der Waals surface area contributed by atoms with Crippen LogP contribution in [0.4, 0.5) is 4.39 Å². The molecule has 0 amide bonds. The Labute approximate surface area is 195 Å². The van der Waals surface area contributed by atoms with Gasteiger partial charge in [-0.15, -0.1) is 0 Å². The minimum atomic E-state index is -0.160. The van der Waals surface area contributed by atoms with Crippen molar-refractivity contribution >= 4 is 0 Å². The van der Waals surface area contributed by atoms with Gasteiger partial charge in [-0.1, -0.05) is 102 Å². The lowest BCUT2D eigenvalue weighted by Crippen LogP contribution is -2.19. The summed E-state index contributed by atoms with van der Waals surface area (Å²) in [4.78, 5) is 0. The molecule has 1 aliphatic carbocycles. The van der Waals surface area contributed by atoms with Gasteiger partial charge in [0.15, 0.2) is 0 Å². The van der Waals surface area contributed by atoms with Crippen LogP contribution >= 0.6 is 0 Å². The normalized spacial score (nSPS) is 19.4. The van der Waals surface area contributed by atoms with E-state index >= 15 is 0 Å². The second-order valence-electron chi connectivity index (χ2n) is 9.91. The lowest BCUT2D eigenvalue weighted by molar-refractivity contribution is 0.235. The molecule has 0 saturated heterocycles. The van der Waals surface area contributed by atoms with Gasteiger partial charge >= 0.3 is 0 Å². The summed E-state index contributed by atoms with van der Waals surface area (Å²) >= 11 is 0. The van der Waals surface area contributed by atoms with Gasteiger partial charge in [-0.05, 0) is 59.9 Å². The van der Waals surface area contributed by atoms with Crippen LogP contribution in [0.1, 0.15) is 108 Å². The maximum absolute atomic E-state index is 14.9. The molecule has 1 atom stereocenters. The molecule has 32 heavy (non-hydrogen) atoms. The first-order chi connectivity index (χ1) is 15.6. The van der Waals surface area contributed by atoms with Crippen LogP contribution in [0.15, 0.2) is 42.5 Å². The summed E-state index contributed by atoms with van der Waals surface area (Å²) in [5.41, 5.74) is 3.16. The Hall–Kier alpha value is -2.14. The first kappa shape index (κ1) is 24.5. The molecule has 0 aromatic heterocycles. The van der Waals surface area contributed by atoms with E-state index in [0.29, 0.717) is 23.0 Å². The fourth-order valence-corrected chi connectivity index (χ4v) is 5.41. The van der Waals surface area contributed by atoms with Crippen molar-refractivity contribution in [2.45, 2.75) is 96.8 Å². The molecule has 1 saturated carbocycles. The van der Waals surface area contributed by atoms with E-state index in [1.165, 1.54) is 77.0 Å². The molecule has 0 N–H and O–H groups in total. The predicted molar refractivity (Wildman–Crippen MR) is 133 cm³/mol. The molecule has 2 aromatic carbocycles. The predicted octanol–water partition coefficient (Wildman–Crippen LogP) is 9.41. The van der Waals surface area contributed by atoms with Crippen molar-refractivity contribution in [1.82, 2.24) is 0 Å². The van der Waals surface area contributed by atoms with E-state index in [2.05, 4.69) is 26.0 Å². The van der Waals surface area contributed by atoms with Crippen LogP contribution in [0.2, 0.25) is 0 Å². The molecule has 1 aliphatic rings. The van der Waals surface area contributed by atoms with Crippen molar-refractivity contribution in [3.63, 3.8) is 0 Å². The van der Waals surface area contributed by atoms with Crippen LogP contribution in [0.25, 0.3) is 11.1 Å². The summed E-state index contributed by atoms with van der Waals surface area (Å²) in [7, 11) is 0. The molecule has 3 rings (SSSR count). The highest BCUT2D eigenvalue weighted by Crippen LogP contribution is 2.40. The van der Waals surface area contributed by atoms with Crippen molar-refractivity contribution in [3.8, 4) is 17.2 Å². The Kier molecular flexibility index (Phi) is 9.79. The molecular formula is C30H40FN. The number of halogens is 1. The van der Waals surface area contributed by atoms with Crippen molar-refractivity contribution in [2.75, 3.05) is 0 Å². The van der Waals surface area contributed by atoms with Crippen LogP contribution in [-0.4, -0.2) is 0 Å². The SMILES string of the molecule is CCCCCCCCCC1CCC(C(C)c2ccc(-c3ccc(C#N)cc3)c(F)c2)CC1. The Morgan fingerprint density at radius 2 is 1.56 bits per heavy atom. The maximum Gasteiger partial charge on any atom is 0.131 e. The number of benzene rings is 2. The molecule has 0 spiro atoms. The lowest BCUT2D eigenvalue weighted by Gasteiger charge is -2.32. The average Bonchev–Trinajstić information content (AvgIpc) is 2.83. The maximum atomic E-state index is 14.9. The molecule has 1 nitrogen and oxygen atoms in total. The van der Waals surface area contributed by atoms with Crippen molar-refractivity contribution in [1.29, 1.82) is 5.26 Å². The van der Waals surface area contributed by atoms with E-state index in [4.69, 9.17) is 5.26 Å². The molecule has 1 unspecified atom stereocenters. The molecule has 0 radical (unpaired) electrons. The average molecular weight is 434 g/mol. The Bertz CT molecular complexity index is 855. The first-order valence-electron chi connectivity index (χ1n) is 12.9. The summed E-state index contributed by atoms with van der Waals surface area (Å²) in [5.74, 6) is 1.82. The Morgan fingerprint density at radius 3 is 2.19 bits per heavy atom. The van der Waals surface area contributed by atoms with Crippen molar-refractivity contribution in [2.24, 2.45) is 11.8 Å². The van der Waals surface area contributed by atoms with Gasteiger partial charge in [-0.3, -0.25) is 0 Å². The number of hydrogen-bond donors (Lipinski definition) is 0. The number of nitriles is 1. The number of nitrogens with zero attached hydrogens (tertiary/aromatic N) is 1. The minimum absolute atomic E-state index is 0.160. The highest BCUT2D eigenvalue weighted by Gasteiger charge is 2.26. The molecule has 1 fully saturated rings. The topological polar surface area (TPSA) is 23.8 Å². The highest BCUT2D eigenvalue weighted by atomic mass is 19.1. The van der Waals surface area contributed by atoms with Crippen LogP contribution in [0.5, 0.6) is 0 Å². The van der Waals surface area contributed by atoms with Crippen LogP contribution < -0.4 is 0 Å². The fraction of sp³-hybridized carbons (Fsp3) is 0.567. The summed E-state index contributed by atoms with van der Waals surface area (Å²) < 4.78 is 14.9. The van der Waals surface area contributed by atoms with Crippen LogP contribution in [0.3, 0.4) is 0 Å². The number of hydrogen-bond acceptors (Lipinski definition) is 1. The van der Waals surface area contributed by atoms with Crippen LogP contribution in [0, 0.1) is 29.0 Å². The summed E-state index contributed by atoms with van der Waals surface area (Å²) in [6, 6.07) is 15.0. The van der Waals surface area contributed by atoms with E-state index < -0.39 is 0 Å². The quantitative estimate of drug-likeness (QED) is 0.324. The summed E-state index contributed by atoms with van der Waals surface area (Å²) in [5, 5.41) is 8.96. The second kappa shape index (κ2) is 12.8. The molecule has 172 valence electrons. The van der Waals surface area contributed by atoms with E-state index in [0.717, 1.165) is 17.0 Å².